The summed E-state index contributed by atoms with van der Waals surface area (Å²) in [6.07, 6.45) is 7.45. The zero-order valence-electron chi connectivity index (χ0n) is 15.5. The van der Waals surface area contributed by atoms with Crippen LogP contribution in [0.5, 0.6) is 5.75 Å². The van der Waals surface area contributed by atoms with E-state index in [1.54, 1.807) is 19.1 Å². The van der Waals surface area contributed by atoms with E-state index < -0.39 is 16.1 Å². The first kappa shape index (κ1) is 20.8. The summed E-state index contributed by atoms with van der Waals surface area (Å²) in [6, 6.07) is 3.87. The highest BCUT2D eigenvalue weighted by atomic mass is 35.5. The van der Waals surface area contributed by atoms with Crippen LogP contribution in [0.3, 0.4) is 0 Å². The maximum absolute atomic E-state index is 12.8. The fraction of sp³-hybridized carbons (Fsp3) is 0.611. The lowest BCUT2D eigenvalue weighted by atomic mass is 10.1. The highest BCUT2D eigenvalue weighted by Gasteiger charge is 2.32. The molecule has 0 heterocycles. The summed E-state index contributed by atoms with van der Waals surface area (Å²) in [5, 5.41) is 3.38. The molecule has 1 N–H and O–H groups in total. The SMILES string of the molecule is COc1ccc(Cl)cc1N([C@@H](C)C(=O)NC1CCCCCC1)S(C)(=O)=O. The number of rotatable bonds is 6. The van der Waals surface area contributed by atoms with E-state index in [1.807, 2.05) is 0 Å². The van der Waals surface area contributed by atoms with Gasteiger partial charge in [0.05, 0.1) is 19.1 Å². The van der Waals surface area contributed by atoms with Crippen LogP contribution >= 0.6 is 11.6 Å². The van der Waals surface area contributed by atoms with Gasteiger partial charge in [-0.15, -0.1) is 0 Å². The number of anilines is 1. The smallest absolute Gasteiger partial charge is 0.243 e. The summed E-state index contributed by atoms with van der Waals surface area (Å²) in [5.74, 6) is 0.0262. The number of sulfonamides is 1. The van der Waals surface area contributed by atoms with Crippen LogP contribution in [0.4, 0.5) is 5.69 Å². The summed E-state index contributed by atoms with van der Waals surface area (Å²) in [6.45, 7) is 1.58. The van der Waals surface area contributed by atoms with Gasteiger partial charge < -0.3 is 10.1 Å². The third-order valence-electron chi connectivity index (χ3n) is 4.67. The largest absolute Gasteiger partial charge is 0.495 e. The molecule has 0 spiro atoms. The van der Waals surface area contributed by atoms with Crippen LogP contribution in [0.25, 0.3) is 0 Å². The van der Waals surface area contributed by atoms with E-state index in [-0.39, 0.29) is 17.6 Å². The van der Waals surface area contributed by atoms with Crippen LogP contribution in [0.2, 0.25) is 5.02 Å². The average molecular weight is 403 g/mol. The molecule has 1 aromatic rings. The van der Waals surface area contributed by atoms with Crippen molar-refractivity contribution in [2.45, 2.75) is 57.5 Å². The Balaban J connectivity index is 2.29. The van der Waals surface area contributed by atoms with E-state index >= 15 is 0 Å². The summed E-state index contributed by atoms with van der Waals surface area (Å²) >= 11 is 6.05. The Morgan fingerprint density at radius 2 is 1.88 bits per heavy atom. The maximum Gasteiger partial charge on any atom is 0.243 e. The lowest BCUT2D eigenvalue weighted by molar-refractivity contribution is -0.122. The number of hydrogen-bond donors (Lipinski definition) is 1. The molecule has 146 valence electrons. The minimum absolute atomic E-state index is 0.0927. The van der Waals surface area contributed by atoms with Crippen molar-refractivity contribution in [2.75, 3.05) is 17.7 Å². The number of benzene rings is 1. The third-order valence-corrected chi connectivity index (χ3v) is 6.13. The molecule has 1 aromatic carbocycles. The molecule has 0 aromatic heterocycles. The van der Waals surface area contributed by atoms with Gasteiger partial charge in [-0.1, -0.05) is 37.3 Å². The summed E-state index contributed by atoms with van der Waals surface area (Å²) in [4.78, 5) is 12.8. The van der Waals surface area contributed by atoms with Crippen molar-refractivity contribution in [3.8, 4) is 5.75 Å². The second-order valence-corrected chi connectivity index (χ2v) is 9.04. The number of hydrogen-bond acceptors (Lipinski definition) is 4. The van der Waals surface area contributed by atoms with E-state index in [1.165, 1.54) is 26.0 Å². The van der Waals surface area contributed by atoms with E-state index in [0.29, 0.717) is 10.8 Å². The lowest BCUT2D eigenvalue weighted by Gasteiger charge is -2.30. The average Bonchev–Trinajstić information content (AvgIpc) is 2.82. The van der Waals surface area contributed by atoms with Crippen molar-refractivity contribution in [1.82, 2.24) is 5.32 Å². The Kier molecular flexibility index (Phi) is 7.17. The number of carbonyl (C=O) groups is 1. The van der Waals surface area contributed by atoms with Gasteiger partial charge in [0.2, 0.25) is 15.9 Å². The number of nitrogens with zero attached hydrogens (tertiary/aromatic N) is 1. The van der Waals surface area contributed by atoms with Crippen LogP contribution in [-0.2, 0) is 14.8 Å². The van der Waals surface area contributed by atoms with Crippen LogP contribution in [-0.4, -0.2) is 39.8 Å². The molecule has 0 aliphatic heterocycles. The monoisotopic (exact) mass is 402 g/mol. The van der Waals surface area contributed by atoms with Gasteiger partial charge >= 0.3 is 0 Å². The van der Waals surface area contributed by atoms with Gasteiger partial charge in [-0.2, -0.15) is 0 Å². The zero-order valence-corrected chi connectivity index (χ0v) is 17.1. The maximum atomic E-state index is 12.8. The quantitative estimate of drug-likeness (QED) is 0.740. The highest BCUT2D eigenvalue weighted by Crippen LogP contribution is 2.34. The highest BCUT2D eigenvalue weighted by molar-refractivity contribution is 7.92. The fourth-order valence-corrected chi connectivity index (χ4v) is 4.70. The third kappa shape index (κ3) is 5.27. The van der Waals surface area contributed by atoms with E-state index in [4.69, 9.17) is 16.3 Å². The molecular formula is C18H27ClN2O4S. The molecule has 6 nitrogen and oxygen atoms in total. The zero-order chi connectivity index (χ0) is 19.3. The second kappa shape index (κ2) is 8.95. The number of amides is 1. The number of halogens is 1. The van der Waals surface area contributed by atoms with Crippen LogP contribution < -0.4 is 14.4 Å². The van der Waals surface area contributed by atoms with Gasteiger partial charge in [-0.3, -0.25) is 9.10 Å². The predicted molar refractivity (Wildman–Crippen MR) is 104 cm³/mol. The Bertz CT molecular complexity index is 731. The number of carbonyl (C=O) groups excluding carboxylic acids is 1. The van der Waals surface area contributed by atoms with Crippen LogP contribution in [0.1, 0.15) is 45.4 Å². The number of methoxy groups -OCH3 is 1. The minimum atomic E-state index is -3.73. The first-order valence-corrected chi connectivity index (χ1v) is 11.1. The predicted octanol–water partition coefficient (Wildman–Crippen LogP) is 3.34. The molecular weight excluding hydrogens is 376 g/mol. The Hall–Kier alpha value is -1.47. The van der Waals surface area contributed by atoms with Gasteiger partial charge in [0, 0.05) is 11.1 Å². The number of ether oxygens (including phenoxy) is 1. The molecule has 1 atom stereocenters. The first-order valence-electron chi connectivity index (χ1n) is 8.87. The Morgan fingerprint density at radius 3 is 2.42 bits per heavy atom. The van der Waals surface area contributed by atoms with Gasteiger partial charge in [-0.05, 0) is 38.0 Å². The Labute approximate surface area is 160 Å². The molecule has 8 heteroatoms. The minimum Gasteiger partial charge on any atom is -0.495 e. The summed E-state index contributed by atoms with van der Waals surface area (Å²) in [7, 11) is -2.28. The second-order valence-electron chi connectivity index (χ2n) is 6.75. The van der Waals surface area contributed by atoms with Crippen molar-refractivity contribution in [3.05, 3.63) is 23.2 Å². The first-order chi connectivity index (χ1) is 12.2. The Morgan fingerprint density at radius 1 is 1.27 bits per heavy atom. The van der Waals surface area contributed by atoms with Crippen molar-refractivity contribution < 1.29 is 17.9 Å². The van der Waals surface area contributed by atoms with Crippen molar-refractivity contribution >= 4 is 33.2 Å². The van der Waals surface area contributed by atoms with Gasteiger partial charge in [0.1, 0.15) is 11.8 Å². The van der Waals surface area contributed by atoms with E-state index in [2.05, 4.69) is 5.32 Å². The summed E-state index contributed by atoms with van der Waals surface area (Å²) in [5.41, 5.74) is 0.256. The van der Waals surface area contributed by atoms with Crippen molar-refractivity contribution in [3.63, 3.8) is 0 Å². The molecule has 1 aliphatic rings. The molecule has 1 aliphatic carbocycles. The van der Waals surface area contributed by atoms with E-state index in [0.717, 1.165) is 36.2 Å². The van der Waals surface area contributed by atoms with Gasteiger partial charge in [-0.25, -0.2) is 8.42 Å². The van der Waals surface area contributed by atoms with E-state index in [9.17, 15) is 13.2 Å². The van der Waals surface area contributed by atoms with Crippen molar-refractivity contribution in [1.29, 1.82) is 0 Å². The van der Waals surface area contributed by atoms with Gasteiger partial charge in [0.15, 0.2) is 0 Å². The van der Waals surface area contributed by atoms with Crippen LogP contribution in [0, 0.1) is 0 Å². The molecule has 0 saturated heterocycles. The molecule has 1 fully saturated rings. The molecule has 1 saturated carbocycles. The molecule has 1 amide bonds. The normalized spacial score (nSPS) is 17.2. The molecule has 0 unspecified atom stereocenters. The van der Waals surface area contributed by atoms with Crippen molar-refractivity contribution in [2.24, 2.45) is 0 Å². The topological polar surface area (TPSA) is 75.7 Å². The standard InChI is InChI=1S/C18H27ClN2O4S/c1-13(18(22)20-15-8-6-4-5-7-9-15)21(26(3,23)24)16-12-14(19)10-11-17(16)25-2/h10-13,15H,4-9H2,1-3H3,(H,20,22)/t13-/m0/s1. The molecule has 0 bridgehead atoms. The lowest BCUT2D eigenvalue weighted by Crippen LogP contribution is -2.50. The molecule has 26 heavy (non-hydrogen) atoms. The van der Waals surface area contributed by atoms with Gasteiger partial charge in [0.25, 0.3) is 0 Å². The fourth-order valence-electron chi connectivity index (χ4n) is 3.36. The molecule has 2 rings (SSSR count). The summed E-state index contributed by atoms with van der Waals surface area (Å²) < 4.78 is 31.3. The number of nitrogens with one attached hydrogen (secondary N) is 1. The van der Waals surface area contributed by atoms with Crippen LogP contribution in [0.15, 0.2) is 18.2 Å². The molecule has 0 radical (unpaired) electrons.